The summed E-state index contributed by atoms with van der Waals surface area (Å²) in [5.74, 6) is -3.02. The van der Waals surface area contributed by atoms with Crippen LogP contribution in [-0.4, -0.2) is 28.8 Å². The van der Waals surface area contributed by atoms with Crippen LogP contribution in [0.3, 0.4) is 0 Å². The molecule has 1 aliphatic rings. The lowest BCUT2D eigenvalue weighted by atomic mass is 9.79. The summed E-state index contributed by atoms with van der Waals surface area (Å²) in [6.07, 6.45) is -5.34. The van der Waals surface area contributed by atoms with Crippen LogP contribution in [0.2, 0.25) is 5.02 Å². The largest absolute Gasteiger partial charge is 0.459 e. The lowest BCUT2D eigenvalue weighted by Crippen LogP contribution is -2.72. The number of benzene rings is 2. The molecule has 10 heteroatoms. The van der Waals surface area contributed by atoms with Gasteiger partial charge >= 0.3 is 12.2 Å². The van der Waals surface area contributed by atoms with Gasteiger partial charge in [0, 0.05) is 16.1 Å². The van der Waals surface area contributed by atoms with E-state index in [4.69, 9.17) is 16.0 Å². The number of nitrogens with one attached hydrogen (secondary N) is 2. The first-order valence-corrected chi connectivity index (χ1v) is 9.80. The average molecular weight is 465 g/mol. The summed E-state index contributed by atoms with van der Waals surface area (Å²) >= 11 is 5.87. The van der Waals surface area contributed by atoms with Gasteiger partial charge in [-0.25, -0.2) is 4.79 Å². The number of rotatable bonds is 4. The number of carbonyl (C=O) groups excluding carboxylic acids is 2. The highest BCUT2D eigenvalue weighted by atomic mass is 35.5. The van der Waals surface area contributed by atoms with Crippen molar-refractivity contribution in [1.29, 1.82) is 0 Å². The van der Waals surface area contributed by atoms with Crippen LogP contribution in [0.4, 0.5) is 18.0 Å². The number of carbonyl (C=O) groups is 2. The second kappa shape index (κ2) is 7.99. The van der Waals surface area contributed by atoms with Gasteiger partial charge in [-0.1, -0.05) is 41.9 Å². The Bertz CT molecular complexity index is 1150. The normalized spacial score (nSPS) is 23.3. The third-order valence-electron chi connectivity index (χ3n) is 5.21. The fourth-order valence-electron chi connectivity index (χ4n) is 3.65. The number of halogens is 4. The number of hydrogen-bond acceptors (Lipinski definition) is 4. The van der Waals surface area contributed by atoms with Gasteiger partial charge in [-0.3, -0.25) is 4.79 Å². The minimum absolute atomic E-state index is 0.0624. The van der Waals surface area contributed by atoms with Gasteiger partial charge in [0.2, 0.25) is 5.72 Å². The Morgan fingerprint density at radius 2 is 1.69 bits per heavy atom. The van der Waals surface area contributed by atoms with E-state index in [1.165, 1.54) is 41.7 Å². The third-order valence-corrected chi connectivity index (χ3v) is 5.46. The van der Waals surface area contributed by atoms with Crippen LogP contribution in [0.5, 0.6) is 0 Å². The van der Waals surface area contributed by atoms with E-state index in [2.05, 4.69) is 5.32 Å². The van der Waals surface area contributed by atoms with Crippen molar-refractivity contribution in [2.75, 3.05) is 0 Å². The van der Waals surface area contributed by atoms with Gasteiger partial charge in [-0.2, -0.15) is 13.2 Å². The van der Waals surface area contributed by atoms with Crippen LogP contribution in [0, 0.1) is 5.92 Å². The highest BCUT2D eigenvalue weighted by Gasteiger charge is 2.66. The van der Waals surface area contributed by atoms with Crippen LogP contribution in [-0.2, 0) is 0 Å². The maximum absolute atomic E-state index is 13.9. The van der Waals surface area contributed by atoms with Gasteiger partial charge < -0.3 is 20.2 Å². The molecule has 32 heavy (non-hydrogen) atoms. The molecule has 166 valence electrons. The number of Topliss-reactive ketones (excluding diaryl/α,β-unsaturated/α-hetero) is 1. The van der Waals surface area contributed by atoms with E-state index in [0.717, 1.165) is 0 Å². The number of ketones is 1. The standard InChI is InChI=1S/C22H16ClF3N2O4/c23-14-8-6-12(7-9-14)15-10-11-16(32-15)18-17(19(29)13-4-2-1-3-5-13)21(31,22(24,25)26)28-20(30)27-18/h1-11,17-18,31H,(H2,27,28,30)/t17-,18-,21-/m1/s1. The molecule has 0 spiro atoms. The number of urea groups is 1. The second-order valence-electron chi connectivity index (χ2n) is 7.26. The molecule has 3 N–H and O–H groups in total. The number of aliphatic hydroxyl groups is 1. The van der Waals surface area contributed by atoms with Gasteiger partial charge in [0.1, 0.15) is 23.5 Å². The minimum atomic E-state index is -5.34. The zero-order chi connectivity index (χ0) is 23.1. The fourth-order valence-corrected chi connectivity index (χ4v) is 3.77. The van der Waals surface area contributed by atoms with Gasteiger partial charge in [-0.05, 0) is 36.4 Å². The number of alkyl halides is 3. The Kier molecular flexibility index (Phi) is 5.47. The van der Waals surface area contributed by atoms with Gasteiger partial charge in [-0.15, -0.1) is 0 Å². The van der Waals surface area contributed by atoms with Gasteiger partial charge in [0.05, 0.1) is 0 Å². The molecule has 0 aliphatic carbocycles. The maximum Gasteiger partial charge on any atom is 0.437 e. The Morgan fingerprint density at radius 1 is 1.03 bits per heavy atom. The molecule has 2 aromatic carbocycles. The van der Waals surface area contributed by atoms with E-state index >= 15 is 0 Å². The Balaban J connectivity index is 1.80. The van der Waals surface area contributed by atoms with Crippen LogP contribution >= 0.6 is 11.6 Å². The van der Waals surface area contributed by atoms with Crippen LogP contribution in [0.25, 0.3) is 11.3 Å². The van der Waals surface area contributed by atoms with Gasteiger partial charge in [0.15, 0.2) is 5.78 Å². The third kappa shape index (κ3) is 3.85. The number of hydrogen-bond donors (Lipinski definition) is 3. The smallest absolute Gasteiger partial charge is 0.437 e. The van der Waals surface area contributed by atoms with Crippen molar-refractivity contribution in [1.82, 2.24) is 10.6 Å². The predicted octanol–water partition coefficient (Wildman–Crippen LogP) is 4.70. The first-order valence-electron chi connectivity index (χ1n) is 9.43. The van der Waals surface area contributed by atoms with E-state index in [0.29, 0.717) is 10.6 Å². The van der Waals surface area contributed by atoms with Crippen molar-refractivity contribution in [3.63, 3.8) is 0 Å². The molecule has 2 heterocycles. The monoisotopic (exact) mass is 464 g/mol. The molecule has 1 aromatic heterocycles. The lowest BCUT2D eigenvalue weighted by molar-refractivity contribution is -0.288. The average Bonchev–Trinajstić information content (AvgIpc) is 3.23. The summed E-state index contributed by atoms with van der Waals surface area (Å²) in [7, 11) is 0. The number of amides is 2. The van der Waals surface area contributed by atoms with Gasteiger partial charge in [0.25, 0.3) is 0 Å². The molecule has 1 fully saturated rings. The van der Waals surface area contributed by atoms with Crippen molar-refractivity contribution < 1.29 is 32.3 Å². The van der Waals surface area contributed by atoms with E-state index in [9.17, 15) is 27.9 Å². The first kappa shape index (κ1) is 21.9. The molecule has 0 saturated carbocycles. The molecule has 6 nitrogen and oxygen atoms in total. The second-order valence-corrected chi connectivity index (χ2v) is 7.69. The molecule has 3 aromatic rings. The molecule has 1 aliphatic heterocycles. The van der Waals surface area contributed by atoms with E-state index in [1.54, 1.807) is 30.3 Å². The molecule has 1 saturated heterocycles. The molecule has 0 radical (unpaired) electrons. The zero-order valence-electron chi connectivity index (χ0n) is 16.2. The Morgan fingerprint density at radius 3 is 2.31 bits per heavy atom. The van der Waals surface area contributed by atoms with E-state index in [-0.39, 0.29) is 17.1 Å². The molecule has 2 amide bonds. The Labute approximate surface area is 185 Å². The topological polar surface area (TPSA) is 91.6 Å². The first-order chi connectivity index (χ1) is 15.1. The quantitative estimate of drug-likeness (QED) is 0.488. The molecule has 0 bridgehead atoms. The van der Waals surface area contributed by atoms with Crippen molar-refractivity contribution in [3.05, 3.63) is 83.1 Å². The summed E-state index contributed by atoms with van der Waals surface area (Å²) < 4.78 is 47.5. The van der Waals surface area contributed by atoms with Crippen LogP contribution in [0.15, 0.2) is 71.1 Å². The van der Waals surface area contributed by atoms with Crippen molar-refractivity contribution >= 4 is 23.4 Å². The molecule has 3 atom stereocenters. The minimum Gasteiger partial charge on any atom is -0.459 e. The van der Waals surface area contributed by atoms with Crippen molar-refractivity contribution in [3.8, 4) is 11.3 Å². The van der Waals surface area contributed by atoms with E-state index in [1.807, 2.05) is 0 Å². The molecule has 0 unspecified atom stereocenters. The fraction of sp³-hybridized carbons (Fsp3) is 0.182. The highest BCUT2D eigenvalue weighted by molar-refractivity contribution is 6.30. The highest BCUT2D eigenvalue weighted by Crippen LogP contribution is 2.44. The summed E-state index contributed by atoms with van der Waals surface area (Å²) in [5, 5.41) is 14.8. The summed E-state index contributed by atoms with van der Waals surface area (Å²) in [5.41, 5.74) is -3.30. The van der Waals surface area contributed by atoms with Crippen molar-refractivity contribution in [2.45, 2.75) is 17.9 Å². The summed E-state index contributed by atoms with van der Waals surface area (Å²) in [4.78, 5) is 25.2. The van der Waals surface area contributed by atoms with Crippen molar-refractivity contribution in [2.24, 2.45) is 5.92 Å². The number of furan rings is 1. The lowest BCUT2D eigenvalue weighted by Gasteiger charge is -2.44. The summed E-state index contributed by atoms with van der Waals surface area (Å²) in [6, 6.07) is 13.7. The molecule has 4 rings (SSSR count). The van der Waals surface area contributed by atoms with Crippen LogP contribution in [0.1, 0.15) is 22.2 Å². The Hall–Kier alpha value is -3.30. The molecular formula is C22H16ClF3N2O4. The predicted molar refractivity (Wildman–Crippen MR) is 109 cm³/mol. The van der Waals surface area contributed by atoms with E-state index < -0.39 is 35.7 Å². The van der Waals surface area contributed by atoms with Crippen LogP contribution < -0.4 is 10.6 Å². The SMILES string of the molecule is O=C1N[C@H](c2ccc(-c3ccc(Cl)cc3)o2)[C@H](C(=O)c2ccccc2)[C@@](O)(C(F)(F)F)N1. The molecular weight excluding hydrogens is 449 g/mol. The summed E-state index contributed by atoms with van der Waals surface area (Å²) in [6.45, 7) is 0. The maximum atomic E-state index is 13.9. The zero-order valence-corrected chi connectivity index (χ0v) is 16.9.